The Kier molecular flexibility index (Phi) is 2.96. The van der Waals surface area contributed by atoms with Crippen molar-refractivity contribution in [3.05, 3.63) is 58.4 Å². The Morgan fingerprint density at radius 3 is 3.00 bits per heavy atom. The minimum atomic E-state index is 0.901. The van der Waals surface area contributed by atoms with Crippen LogP contribution in [0.2, 0.25) is 5.02 Å². The summed E-state index contributed by atoms with van der Waals surface area (Å²) in [4.78, 5) is 6.63. The molecule has 0 unspecified atom stereocenters. The summed E-state index contributed by atoms with van der Waals surface area (Å²) in [6.07, 6.45) is 2.88. The summed E-state index contributed by atoms with van der Waals surface area (Å²) in [7, 11) is 0. The average Bonchev–Trinajstić information content (AvgIpc) is 2.39. The minimum absolute atomic E-state index is 0.901. The van der Waals surface area contributed by atoms with Crippen LogP contribution in [0.4, 0.5) is 5.69 Å². The van der Waals surface area contributed by atoms with Gasteiger partial charge in [-0.3, -0.25) is 4.98 Å². The molecule has 0 aliphatic carbocycles. The van der Waals surface area contributed by atoms with Gasteiger partial charge in [0.1, 0.15) is 0 Å². The molecule has 1 aromatic heterocycles. The standard InChI is InChI=1S/C15H15ClN2/c1-11-9-13(5-7-17-11)18-8-6-14-12(10-18)3-2-4-15(14)16/h2-5,7,9H,6,8,10H2,1H3. The van der Waals surface area contributed by atoms with Crippen LogP contribution in [0.15, 0.2) is 36.5 Å². The number of rotatable bonds is 1. The number of aromatic nitrogens is 1. The number of benzene rings is 1. The maximum atomic E-state index is 6.23. The van der Waals surface area contributed by atoms with Crippen LogP contribution in [0.1, 0.15) is 16.8 Å². The molecule has 1 aliphatic heterocycles. The lowest BCUT2D eigenvalue weighted by Gasteiger charge is -2.31. The maximum absolute atomic E-state index is 6.23. The molecule has 0 spiro atoms. The molecule has 0 saturated heterocycles. The molecule has 1 aromatic carbocycles. The lowest BCUT2D eigenvalue weighted by molar-refractivity contribution is 0.731. The number of hydrogen-bond acceptors (Lipinski definition) is 2. The normalized spacial score (nSPS) is 14.4. The van der Waals surface area contributed by atoms with Crippen molar-refractivity contribution >= 4 is 17.3 Å². The highest BCUT2D eigenvalue weighted by Crippen LogP contribution is 2.28. The van der Waals surface area contributed by atoms with E-state index in [4.69, 9.17) is 11.6 Å². The summed E-state index contributed by atoms with van der Waals surface area (Å²) < 4.78 is 0. The number of aryl methyl sites for hydroxylation is 1. The number of pyridine rings is 1. The van der Waals surface area contributed by atoms with Crippen LogP contribution in [-0.2, 0) is 13.0 Å². The minimum Gasteiger partial charge on any atom is -0.367 e. The van der Waals surface area contributed by atoms with Crippen molar-refractivity contribution in [3.63, 3.8) is 0 Å². The van der Waals surface area contributed by atoms with Gasteiger partial charge in [-0.25, -0.2) is 0 Å². The van der Waals surface area contributed by atoms with Gasteiger partial charge < -0.3 is 4.90 Å². The summed E-state index contributed by atoms with van der Waals surface area (Å²) in [5.41, 5.74) is 4.95. The van der Waals surface area contributed by atoms with E-state index in [9.17, 15) is 0 Å². The van der Waals surface area contributed by atoms with Gasteiger partial charge in [0.25, 0.3) is 0 Å². The lowest BCUT2D eigenvalue weighted by atomic mass is 9.99. The summed E-state index contributed by atoms with van der Waals surface area (Å²) in [5.74, 6) is 0. The van der Waals surface area contributed by atoms with Gasteiger partial charge in [-0.15, -0.1) is 0 Å². The fraction of sp³-hybridized carbons (Fsp3) is 0.267. The molecule has 3 heteroatoms. The lowest BCUT2D eigenvalue weighted by Crippen LogP contribution is -2.30. The van der Waals surface area contributed by atoms with E-state index < -0.39 is 0 Å². The van der Waals surface area contributed by atoms with Gasteiger partial charge in [0.2, 0.25) is 0 Å². The molecule has 0 N–H and O–H groups in total. The van der Waals surface area contributed by atoms with Crippen molar-refractivity contribution in [2.24, 2.45) is 0 Å². The fourth-order valence-corrected chi connectivity index (χ4v) is 2.80. The monoisotopic (exact) mass is 258 g/mol. The first-order valence-corrected chi connectivity index (χ1v) is 6.56. The van der Waals surface area contributed by atoms with Gasteiger partial charge in [-0.2, -0.15) is 0 Å². The molecule has 0 bridgehead atoms. The molecule has 1 aliphatic rings. The van der Waals surface area contributed by atoms with Crippen LogP contribution in [0.3, 0.4) is 0 Å². The van der Waals surface area contributed by atoms with Gasteiger partial charge in [0.05, 0.1) is 0 Å². The summed E-state index contributed by atoms with van der Waals surface area (Å²) in [6.45, 7) is 3.97. The first-order valence-electron chi connectivity index (χ1n) is 6.18. The second kappa shape index (κ2) is 4.62. The van der Waals surface area contributed by atoms with E-state index in [1.807, 2.05) is 25.3 Å². The average molecular weight is 259 g/mol. The van der Waals surface area contributed by atoms with Gasteiger partial charge in [0.15, 0.2) is 0 Å². The molecule has 0 saturated carbocycles. The molecule has 2 heterocycles. The van der Waals surface area contributed by atoms with Crippen LogP contribution < -0.4 is 4.90 Å². The molecule has 0 fully saturated rings. The van der Waals surface area contributed by atoms with E-state index >= 15 is 0 Å². The molecule has 0 atom stereocenters. The quantitative estimate of drug-likeness (QED) is 0.777. The molecular formula is C15H15ClN2. The highest BCUT2D eigenvalue weighted by molar-refractivity contribution is 6.31. The Bertz CT molecular complexity index is 580. The van der Waals surface area contributed by atoms with E-state index in [2.05, 4.69) is 28.1 Å². The van der Waals surface area contributed by atoms with Crippen molar-refractivity contribution in [2.75, 3.05) is 11.4 Å². The molecular weight excluding hydrogens is 244 g/mol. The number of halogens is 1. The predicted molar refractivity (Wildman–Crippen MR) is 75.2 cm³/mol. The summed E-state index contributed by atoms with van der Waals surface area (Å²) in [6, 6.07) is 10.4. The van der Waals surface area contributed by atoms with Crippen LogP contribution in [0.25, 0.3) is 0 Å². The van der Waals surface area contributed by atoms with Gasteiger partial charge >= 0.3 is 0 Å². The maximum Gasteiger partial charge on any atom is 0.0442 e. The zero-order chi connectivity index (χ0) is 12.5. The Labute approximate surface area is 112 Å². The van der Waals surface area contributed by atoms with E-state index in [0.717, 1.165) is 30.2 Å². The Balaban J connectivity index is 1.91. The molecule has 18 heavy (non-hydrogen) atoms. The van der Waals surface area contributed by atoms with E-state index in [0.29, 0.717) is 0 Å². The highest BCUT2D eigenvalue weighted by atomic mass is 35.5. The smallest absolute Gasteiger partial charge is 0.0442 e. The third-order valence-corrected chi connectivity index (χ3v) is 3.81. The van der Waals surface area contributed by atoms with Crippen molar-refractivity contribution < 1.29 is 0 Å². The second-order valence-electron chi connectivity index (χ2n) is 4.70. The first kappa shape index (κ1) is 11.5. The Morgan fingerprint density at radius 1 is 1.28 bits per heavy atom. The third kappa shape index (κ3) is 2.08. The summed E-state index contributed by atoms with van der Waals surface area (Å²) in [5, 5.41) is 0.901. The van der Waals surface area contributed by atoms with Crippen molar-refractivity contribution in [3.8, 4) is 0 Å². The van der Waals surface area contributed by atoms with Crippen LogP contribution in [0.5, 0.6) is 0 Å². The largest absolute Gasteiger partial charge is 0.367 e. The summed E-state index contributed by atoms with van der Waals surface area (Å²) >= 11 is 6.23. The SMILES string of the molecule is Cc1cc(N2CCc3c(Cl)cccc3C2)ccn1. The molecule has 0 radical (unpaired) electrons. The molecule has 2 nitrogen and oxygen atoms in total. The number of anilines is 1. The molecule has 92 valence electrons. The van der Waals surface area contributed by atoms with Crippen molar-refractivity contribution in [2.45, 2.75) is 19.9 Å². The fourth-order valence-electron chi connectivity index (χ4n) is 2.51. The van der Waals surface area contributed by atoms with E-state index in [-0.39, 0.29) is 0 Å². The van der Waals surface area contributed by atoms with Crippen LogP contribution >= 0.6 is 11.6 Å². The van der Waals surface area contributed by atoms with Crippen LogP contribution in [-0.4, -0.2) is 11.5 Å². The van der Waals surface area contributed by atoms with Crippen molar-refractivity contribution in [1.82, 2.24) is 4.98 Å². The molecule has 0 amide bonds. The Morgan fingerprint density at radius 2 is 2.17 bits per heavy atom. The zero-order valence-corrected chi connectivity index (χ0v) is 11.1. The Hall–Kier alpha value is -1.54. The topological polar surface area (TPSA) is 16.1 Å². The number of hydrogen-bond donors (Lipinski definition) is 0. The molecule has 2 aromatic rings. The highest BCUT2D eigenvalue weighted by Gasteiger charge is 2.18. The number of nitrogens with zero attached hydrogens (tertiary/aromatic N) is 2. The zero-order valence-electron chi connectivity index (χ0n) is 10.4. The van der Waals surface area contributed by atoms with E-state index in [1.165, 1.54) is 16.8 Å². The predicted octanol–water partition coefficient (Wildman–Crippen LogP) is 3.61. The van der Waals surface area contributed by atoms with Crippen molar-refractivity contribution in [1.29, 1.82) is 0 Å². The van der Waals surface area contributed by atoms with Gasteiger partial charge in [-0.05, 0) is 42.7 Å². The van der Waals surface area contributed by atoms with Gasteiger partial charge in [0, 0.05) is 35.7 Å². The first-order chi connectivity index (χ1) is 8.74. The molecule has 3 rings (SSSR count). The second-order valence-corrected chi connectivity index (χ2v) is 5.11. The van der Waals surface area contributed by atoms with Crippen LogP contribution in [0, 0.1) is 6.92 Å². The third-order valence-electron chi connectivity index (χ3n) is 3.45. The number of fused-ring (bicyclic) bond motifs is 1. The van der Waals surface area contributed by atoms with E-state index in [1.54, 1.807) is 0 Å². The van der Waals surface area contributed by atoms with Gasteiger partial charge in [-0.1, -0.05) is 23.7 Å².